The largest absolute Gasteiger partial charge is 0.493 e. The molecule has 2 aromatic carbocycles. The van der Waals surface area contributed by atoms with Gasteiger partial charge in [0.2, 0.25) is 0 Å². The Balaban J connectivity index is 2.45. The molecule has 3 aromatic rings. The molecule has 0 aliphatic heterocycles. The lowest BCUT2D eigenvalue weighted by molar-refractivity contribution is 0.342. The smallest absolute Gasteiger partial charge is 0.270 e. The third-order valence-corrected chi connectivity index (χ3v) is 4.21. The molecule has 24 heavy (non-hydrogen) atoms. The van der Waals surface area contributed by atoms with Crippen molar-refractivity contribution in [3.05, 3.63) is 52.3 Å². The number of rotatable bonds is 4. The molecule has 6 heteroatoms. The molecule has 0 saturated carbocycles. The summed E-state index contributed by atoms with van der Waals surface area (Å²) in [5.41, 5.74) is 0.575. The zero-order valence-corrected chi connectivity index (χ0v) is 14.1. The van der Waals surface area contributed by atoms with Gasteiger partial charge in [0, 0.05) is 0 Å². The fourth-order valence-corrected chi connectivity index (χ4v) is 2.98. The lowest BCUT2D eigenvalue weighted by atomic mass is 9.98. The van der Waals surface area contributed by atoms with Gasteiger partial charge in [-0.1, -0.05) is 42.1 Å². The second kappa shape index (κ2) is 6.77. The molecule has 0 radical (unpaired) electrons. The van der Waals surface area contributed by atoms with Crippen LogP contribution in [0.15, 0.2) is 46.3 Å². The van der Waals surface area contributed by atoms with Crippen LogP contribution < -0.4 is 10.3 Å². The fourth-order valence-electron chi connectivity index (χ4n) is 2.61. The van der Waals surface area contributed by atoms with Gasteiger partial charge in [0.05, 0.1) is 12.2 Å². The number of nitrogens with zero attached hydrogens (tertiary/aromatic N) is 2. The first kappa shape index (κ1) is 16.1. The van der Waals surface area contributed by atoms with Crippen LogP contribution in [0.5, 0.6) is 5.75 Å². The van der Waals surface area contributed by atoms with Crippen molar-refractivity contribution < 1.29 is 4.74 Å². The van der Waals surface area contributed by atoms with Gasteiger partial charge in [-0.2, -0.15) is 5.26 Å². The molecule has 3 rings (SSSR count). The van der Waals surface area contributed by atoms with E-state index in [0.717, 1.165) is 10.8 Å². The van der Waals surface area contributed by atoms with Crippen LogP contribution >= 0.6 is 11.8 Å². The fraction of sp³-hybridized carbons (Fsp3) is 0.167. The minimum absolute atomic E-state index is 0.00916. The molecule has 1 N–H and O–H groups in total. The zero-order valence-electron chi connectivity index (χ0n) is 13.3. The summed E-state index contributed by atoms with van der Waals surface area (Å²) < 4.78 is 5.74. The van der Waals surface area contributed by atoms with Crippen LogP contribution in [0.3, 0.4) is 0 Å². The van der Waals surface area contributed by atoms with E-state index in [0.29, 0.717) is 28.8 Å². The van der Waals surface area contributed by atoms with E-state index in [1.165, 1.54) is 11.8 Å². The Morgan fingerprint density at radius 1 is 1.29 bits per heavy atom. The molecular weight excluding hydrogens is 322 g/mol. The molecule has 0 fully saturated rings. The second-order valence-corrected chi connectivity index (χ2v) is 5.80. The number of hydrogen-bond donors (Lipinski definition) is 1. The van der Waals surface area contributed by atoms with Crippen LogP contribution in [0, 0.1) is 11.3 Å². The minimum Gasteiger partial charge on any atom is -0.493 e. The normalized spacial score (nSPS) is 10.5. The number of nitrogens with one attached hydrogen (secondary N) is 1. The lowest BCUT2D eigenvalue weighted by Gasteiger charge is -2.14. The topological polar surface area (TPSA) is 78.8 Å². The number of nitriles is 1. The highest BCUT2D eigenvalue weighted by molar-refractivity contribution is 7.98. The third kappa shape index (κ3) is 2.74. The van der Waals surface area contributed by atoms with E-state index < -0.39 is 5.56 Å². The first-order valence-electron chi connectivity index (χ1n) is 7.43. The number of thioether (sulfide) groups is 1. The van der Waals surface area contributed by atoms with Crippen molar-refractivity contribution in [3.63, 3.8) is 0 Å². The van der Waals surface area contributed by atoms with Crippen molar-refractivity contribution >= 4 is 22.5 Å². The van der Waals surface area contributed by atoms with Crippen LogP contribution in [-0.4, -0.2) is 22.8 Å². The zero-order chi connectivity index (χ0) is 17.1. The van der Waals surface area contributed by atoms with E-state index in [1.807, 2.05) is 55.6 Å². The first-order valence-corrected chi connectivity index (χ1v) is 8.65. The van der Waals surface area contributed by atoms with Crippen LogP contribution in [0.2, 0.25) is 0 Å². The third-order valence-electron chi connectivity index (χ3n) is 3.63. The Bertz CT molecular complexity index is 1010. The standard InChI is InChI=1S/C18H15N3O2S/c1-3-23-14-9-8-11-6-4-5-7-12(11)15(14)16-13(10-19)17(22)21-18(20-16)24-2/h4-9H,3H2,1-2H3,(H,20,21,22). The van der Waals surface area contributed by atoms with E-state index in [1.54, 1.807) is 0 Å². The highest BCUT2D eigenvalue weighted by atomic mass is 32.2. The lowest BCUT2D eigenvalue weighted by Crippen LogP contribution is -2.15. The highest BCUT2D eigenvalue weighted by Gasteiger charge is 2.19. The SMILES string of the molecule is CCOc1ccc2ccccc2c1-c1nc(SC)[nH]c(=O)c1C#N. The van der Waals surface area contributed by atoms with Gasteiger partial charge in [-0.05, 0) is 30.0 Å². The Hall–Kier alpha value is -2.78. The van der Waals surface area contributed by atoms with E-state index in [-0.39, 0.29) is 5.56 Å². The van der Waals surface area contributed by atoms with Gasteiger partial charge in [0.1, 0.15) is 23.1 Å². The monoisotopic (exact) mass is 337 g/mol. The number of H-pyrrole nitrogens is 1. The van der Waals surface area contributed by atoms with Crippen molar-refractivity contribution in [2.75, 3.05) is 12.9 Å². The summed E-state index contributed by atoms with van der Waals surface area (Å²) in [7, 11) is 0. The van der Waals surface area contributed by atoms with Gasteiger partial charge in [-0.25, -0.2) is 4.98 Å². The van der Waals surface area contributed by atoms with Crippen LogP contribution in [0.25, 0.3) is 22.0 Å². The number of aromatic nitrogens is 2. The molecule has 1 heterocycles. The van der Waals surface area contributed by atoms with E-state index >= 15 is 0 Å². The molecule has 0 bridgehead atoms. The maximum Gasteiger partial charge on any atom is 0.270 e. The van der Waals surface area contributed by atoms with Crippen molar-refractivity contribution in [1.29, 1.82) is 5.26 Å². The number of benzene rings is 2. The molecule has 0 atom stereocenters. The molecular formula is C18H15N3O2S. The molecule has 0 aliphatic rings. The maximum atomic E-state index is 12.3. The second-order valence-electron chi connectivity index (χ2n) is 5.00. The molecule has 120 valence electrons. The van der Waals surface area contributed by atoms with Gasteiger partial charge in [0.25, 0.3) is 5.56 Å². The average Bonchev–Trinajstić information content (AvgIpc) is 2.61. The van der Waals surface area contributed by atoms with Crippen molar-refractivity contribution in [2.24, 2.45) is 0 Å². The molecule has 1 aromatic heterocycles. The van der Waals surface area contributed by atoms with E-state index in [2.05, 4.69) is 9.97 Å². The summed E-state index contributed by atoms with van der Waals surface area (Å²) >= 11 is 1.32. The Kier molecular flexibility index (Phi) is 4.54. The van der Waals surface area contributed by atoms with E-state index in [4.69, 9.17) is 4.74 Å². The van der Waals surface area contributed by atoms with Gasteiger partial charge in [-0.15, -0.1) is 0 Å². The summed E-state index contributed by atoms with van der Waals surface area (Å²) in [5.74, 6) is 0.609. The van der Waals surface area contributed by atoms with Crippen molar-refractivity contribution in [1.82, 2.24) is 9.97 Å². The predicted octanol–water partition coefficient (Wildman–Crippen LogP) is 3.58. The number of hydrogen-bond acceptors (Lipinski definition) is 5. The average molecular weight is 337 g/mol. The predicted molar refractivity (Wildman–Crippen MR) is 95.5 cm³/mol. The summed E-state index contributed by atoms with van der Waals surface area (Å²) in [5, 5.41) is 11.8. The molecule has 0 aliphatic carbocycles. The van der Waals surface area contributed by atoms with Gasteiger partial charge in [0.15, 0.2) is 5.16 Å². The molecule has 0 unspecified atom stereocenters. The highest BCUT2D eigenvalue weighted by Crippen LogP contribution is 2.37. The molecule has 5 nitrogen and oxygen atoms in total. The Morgan fingerprint density at radius 3 is 2.79 bits per heavy atom. The Morgan fingerprint density at radius 2 is 2.08 bits per heavy atom. The van der Waals surface area contributed by atoms with Crippen molar-refractivity contribution in [2.45, 2.75) is 12.1 Å². The Labute approximate surface area is 143 Å². The van der Waals surface area contributed by atoms with Gasteiger partial charge in [-0.3, -0.25) is 4.79 Å². The van der Waals surface area contributed by atoms with Crippen molar-refractivity contribution in [3.8, 4) is 23.1 Å². The quantitative estimate of drug-likeness (QED) is 0.581. The first-order chi connectivity index (χ1) is 11.7. The summed E-state index contributed by atoms with van der Waals surface area (Å²) in [6.07, 6.45) is 1.82. The number of aromatic amines is 1. The molecule has 0 amide bonds. The van der Waals surface area contributed by atoms with Crippen LogP contribution in [-0.2, 0) is 0 Å². The van der Waals surface area contributed by atoms with Gasteiger partial charge >= 0.3 is 0 Å². The molecule has 0 spiro atoms. The molecule has 0 saturated heterocycles. The summed E-state index contributed by atoms with van der Waals surface area (Å²) in [6, 6.07) is 13.6. The van der Waals surface area contributed by atoms with E-state index in [9.17, 15) is 10.1 Å². The van der Waals surface area contributed by atoms with Gasteiger partial charge < -0.3 is 9.72 Å². The summed E-state index contributed by atoms with van der Waals surface area (Å²) in [4.78, 5) is 19.4. The van der Waals surface area contributed by atoms with Crippen LogP contribution in [0.1, 0.15) is 12.5 Å². The summed E-state index contributed by atoms with van der Waals surface area (Å²) in [6.45, 7) is 2.37. The number of fused-ring (bicyclic) bond motifs is 1. The minimum atomic E-state index is -0.442. The maximum absolute atomic E-state index is 12.3. The van der Waals surface area contributed by atoms with Crippen LogP contribution in [0.4, 0.5) is 0 Å². The number of ether oxygens (including phenoxy) is 1.